The molecule has 5 heteroatoms. The first-order valence-corrected chi connectivity index (χ1v) is 5.27. The number of rotatable bonds is 3. The van der Waals surface area contributed by atoms with Crippen molar-refractivity contribution in [3.63, 3.8) is 0 Å². The number of aryl methyl sites for hydroxylation is 2. The Hall–Kier alpha value is -2.17. The van der Waals surface area contributed by atoms with E-state index in [2.05, 4.69) is 4.98 Å². The highest BCUT2D eigenvalue weighted by Gasteiger charge is 2.16. The number of carboxylic acids is 1. The number of carbonyl (C=O) groups excluding carboxylic acids is 1. The van der Waals surface area contributed by atoms with Crippen molar-refractivity contribution in [3.8, 4) is 0 Å². The highest BCUT2D eigenvalue weighted by Crippen LogP contribution is 2.17. The van der Waals surface area contributed by atoms with Gasteiger partial charge in [0.05, 0.1) is 11.0 Å². The molecule has 0 saturated carbocycles. The molecule has 0 saturated heterocycles. The lowest BCUT2D eigenvalue weighted by Crippen LogP contribution is -2.12. The number of carbonyl (C=O) groups is 2. The van der Waals surface area contributed by atoms with Crippen LogP contribution in [0.4, 0.5) is 0 Å². The first-order chi connectivity index (χ1) is 8.04. The maximum atomic E-state index is 11.3. The zero-order valence-corrected chi connectivity index (χ0v) is 9.60. The third-order valence-electron chi connectivity index (χ3n) is 2.75. The Balaban J connectivity index is 2.59. The quantitative estimate of drug-likeness (QED) is 0.641. The topological polar surface area (TPSA) is 72.2 Å². The standard InChI is InChI=1S/C12H12N2O3/c1-3-10-13-8-6-7(11(15)12(16)17)4-5-9(8)14(10)2/h4-6H,3H2,1-2H3,(H,16,17). The zero-order chi connectivity index (χ0) is 12.6. The van der Waals surface area contributed by atoms with Gasteiger partial charge in [-0.25, -0.2) is 9.78 Å². The molecule has 2 aromatic rings. The molecule has 2 rings (SSSR count). The third kappa shape index (κ3) is 1.80. The number of aliphatic carboxylic acids is 1. The zero-order valence-electron chi connectivity index (χ0n) is 9.60. The molecule has 88 valence electrons. The fraction of sp³-hybridized carbons (Fsp3) is 0.250. The molecule has 0 aliphatic rings. The van der Waals surface area contributed by atoms with E-state index in [1.807, 2.05) is 18.5 Å². The SMILES string of the molecule is CCc1nc2cc(C(=O)C(=O)O)ccc2n1C. The van der Waals surface area contributed by atoms with Crippen molar-refractivity contribution in [1.82, 2.24) is 9.55 Å². The molecule has 1 aromatic carbocycles. The number of Topliss-reactive ketones (excluding diaryl/α,β-unsaturated/α-hetero) is 1. The maximum Gasteiger partial charge on any atom is 0.377 e. The van der Waals surface area contributed by atoms with Crippen LogP contribution in [-0.4, -0.2) is 26.4 Å². The number of aromatic nitrogens is 2. The van der Waals surface area contributed by atoms with Gasteiger partial charge in [-0.1, -0.05) is 6.92 Å². The monoisotopic (exact) mass is 232 g/mol. The molecule has 17 heavy (non-hydrogen) atoms. The van der Waals surface area contributed by atoms with E-state index in [9.17, 15) is 9.59 Å². The van der Waals surface area contributed by atoms with Crippen molar-refractivity contribution in [2.75, 3.05) is 0 Å². The second-order valence-electron chi connectivity index (χ2n) is 3.78. The summed E-state index contributed by atoms with van der Waals surface area (Å²) in [4.78, 5) is 26.3. The molecular weight excluding hydrogens is 220 g/mol. The number of ketones is 1. The van der Waals surface area contributed by atoms with E-state index in [-0.39, 0.29) is 5.56 Å². The molecule has 5 nitrogen and oxygen atoms in total. The minimum Gasteiger partial charge on any atom is -0.475 e. The van der Waals surface area contributed by atoms with Crippen LogP contribution < -0.4 is 0 Å². The first-order valence-electron chi connectivity index (χ1n) is 5.27. The van der Waals surface area contributed by atoms with E-state index in [0.29, 0.717) is 5.52 Å². The van der Waals surface area contributed by atoms with Crippen LogP contribution in [0.15, 0.2) is 18.2 Å². The van der Waals surface area contributed by atoms with Gasteiger partial charge in [0.15, 0.2) is 0 Å². The van der Waals surface area contributed by atoms with Gasteiger partial charge in [-0.05, 0) is 18.2 Å². The van der Waals surface area contributed by atoms with E-state index in [1.165, 1.54) is 12.1 Å². The number of hydrogen-bond acceptors (Lipinski definition) is 3. The van der Waals surface area contributed by atoms with Crippen LogP contribution in [0.25, 0.3) is 11.0 Å². The summed E-state index contributed by atoms with van der Waals surface area (Å²) in [6.45, 7) is 1.99. The molecule has 1 heterocycles. The molecule has 0 atom stereocenters. The first kappa shape index (κ1) is 11.3. The Bertz CT molecular complexity index is 613. The van der Waals surface area contributed by atoms with Gasteiger partial charge in [-0.2, -0.15) is 0 Å². The van der Waals surface area contributed by atoms with Crippen LogP contribution >= 0.6 is 0 Å². The number of benzene rings is 1. The van der Waals surface area contributed by atoms with Crippen molar-refractivity contribution in [2.24, 2.45) is 7.05 Å². The second-order valence-corrected chi connectivity index (χ2v) is 3.78. The molecular formula is C12H12N2O3. The molecule has 1 N–H and O–H groups in total. The Labute approximate surface area is 97.7 Å². The second kappa shape index (κ2) is 4.01. The molecule has 1 aromatic heterocycles. The smallest absolute Gasteiger partial charge is 0.377 e. The summed E-state index contributed by atoms with van der Waals surface area (Å²) >= 11 is 0. The highest BCUT2D eigenvalue weighted by atomic mass is 16.4. The third-order valence-corrected chi connectivity index (χ3v) is 2.75. The normalized spacial score (nSPS) is 10.7. The van der Waals surface area contributed by atoms with E-state index in [0.717, 1.165) is 17.8 Å². The molecule has 0 spiro atoms. The van der Waals surface area contributed by atoms with E-state index >= 15 is 0 Å². The predicted octanol–water partition coefficient (Wildman–Crippen LogP) is 1.40. The summed E-state index contributed by atoms with van der Waals surface area (Å²) in [5.74, 6) is -1.45. The average Bonchev–Trinajstić information content (AvgIpc) is 2.64. The summed E-state index contributed by atoms with van der Waals surface area (Å²) in [6, 6.07) is 4.75. The molecule has 0 fully saturated rings. The van der Waals surface area contributed by atoms with E-state index in [1.54, 1.807) is 6.07 Å². The van der Waals surface area contributed by atoms with Crippen LogP contribution in [-0.2, 0) is 18.3 Å². The Morgan fingerprint density at radius 2 is 2.12 bits per heavy atom. The van der Waals surface area contributed by atoms with Crippen LogP contribution in [0.1, 0.15) is 23.1 Å². The number of fused-ring (bicyclic) bond motifs is 1. The number of hydrogen-bond donors (Lipinski definition) is 1. The van der Waals surface area contributed by atoms with Gasteiger partial charge in [0.2, 0.25) is 0 Å². The molecule has 0 bridgehead atoms. The van der Waals surface area contributed by atoms with Gasteiger partial charge in [0.25, 0.3) is 5.78 Å². The predicted molar refractivity (Wildman–Crippen MR) is 62.1 cm³/mol. The van der Waals surface area contributed by atoms with Gasteiger partial charge >= 0.3 is 5.97 Å². The lowest BCUT2D eigenvalue weighted by molar-refractivity contribution is -0.131. The van der Waals surface area contributed by atoms with Crippen molar-refractivity contribution >= 4 is 22.8 Å². The molecule has 0 unspecified atom stereocenters. The molecule has 0 radical (unpaired) electrons. The fourth-order valence-electron chi connectivity index (χ4n) is 1.83. The Morgan fingerprint density at radius 1 is 1.41 bits per heavy atom. The van der Waals surface area contributed by atoms with Crippen molar-refractivity contribution in [1.29, 1.82) is 0 Å². The summed E-state index contributed by atoms with van der Waals surface area (Å²) in [7, 11) is 1.90. The van der Waals surface area contributed by atoms with Gasteiger partial charge < -0.3 is 9.67 Å². The van der Waals surface area contributed by atoms with Gasteiger partial charge in [-0.15, -0.1) is 0 Å². The summed E-state index contributed by atoms with van der Waals surface area (Å²) in [6.07, 6.45) is 0.785. The van der Waals surface area contributed by atoms with Crippen molar-refractivity contribution in [3.05, 3.63) is 29.6 Å². The summed E-state index contributed by atoms with van der Waals surface area (Å²) in [5, 5.41) is 8.64. The lowest BCUT2D eigenvalue weighted by atomic mass is 10.1. The fourth-order valence-corrected chi connectivity index (χ4v) is 1.83. The summed E-state index contributed by atoms with van der Waals surface area (Å²) in [5.41, 5.74) is 1.70. The minimum atomic E-state index is -1.45. The highest BCUT2D eigenvalue weighted by molar-refractivity contribution is 6.40. The molecule has 0 aliphatic carbocycles. The molecule has 0 aliphatic heterocycles. The van der Waals surface area contributed by atoms with Crippen molar-refractivity contribution < 1.29 is 14.7 Å². The average molecular weight is 232 g/mol. The van der Waals surface area contributed by atoms with Gasteiger partial charge in [0.1, 0.15) is 5.82 Å². The van der Waals surface area contributed by atoms with Crippen LogP contribution in [0.5, 0.6) is 0 Å². The van der Waals surface area contributed by atoms with E-state index in [4.69, 9.17) is 5.11 Å². The largest absolute Gasteiger partial charge is 0.475 e. The van der Waals surface area contributed by atoms with Crippen molar-refractivity contribution in [2.45, 2.75) is 13.3 Å². The van der Waals surface area contributed by atoms with Gasteiger partial charge in [-0.3, -0.25) is 4.79 Å². The number of imidazole rings is 1. The van der Waals surface area contributed by atoms with Crippen LogP contribution in [0.3, 0.4) is 0 Å². The Kier molecular flexibility index (Phi) is 2.67. The number of carboxylic acid groups (broad SMARTS) is 1. The number of nitrogens with zero attached hydrogens (tertiary/aromatic N) is 2. The van der Waals surface area contributed by atoms with E-state index < -0.39 is 11.8 Å². The van der Waals surface area contributed by atoms with Gasteiger partial charge in [0, 0.05) is 19.0 Å². The Morgan fingerprint density at radius 3 is 2.71 bits per heavy atom. The minimum absolute atomic E-state index is 0.158. The summed E-state index contributed by atoms with van der Waals surface area (Å²) < 4.78 is 1.93. The van der Waals surface area contributed by atoms with Crippen LogP contribution in [0, 0.1) is 0 Å². The maximum absolute atomic E-state index is 11.3. The molecule has 0 amide bonds. The van der Waals surface area contributed by atoms with Crippen LogP contribution in [0.2, 0.25) is 0 Å². The lowest BCUT2D eigenvalue weighted by Gasteiger charge is -1.99.